The van der Waals surface area contributed by atoms with Gasteiger partial charge in [0.2, 0.25) is 5.43 Å². The Morgan fingerprint density at radius 2 is 2.03 bits per heavy atom. The topological polar surface area (TPSA) is 80.9 Å². The lowest BCUT2D eigenvalue weighted by molar-refractivity contribution is 0.0959. The predicted molar refractivity (Wildman–Crippen MR) is 122 cm³/mol. The second kappa shape index (κ2) is 7.85. The second-order valence-corrected chi connectivity index (χ2v) is 8.63. The summed E-state index contributed by atoms with van der Waals surface area (Å²) in [6.07, 6.45) is 2.46. The number of amides is 1. The first-order valence-electron chi connectivity index (χ1n) is 9.10. The Morgan fingerprint density at radius 3 is 2.90 bits per heavy atom. The fraction of sp³-hybridized carbons (Fsp3) is 0.0455. The van der Waals surface area contributed by atoms with E-state index in [2.05, 4.69) is 10.5 Å². The standard InChI is InChI=1S/C22H12Cl2N2O4S/c23-13-6-15-19(27)12(10-30-20(15)16(24)7-13)8-25-26-22(28)18-5-11-9-29-17-4-2-1-3-14(17)21(11)31-18/h1-8,10H,9H2,(H,26,28)/b25-8+. The van der Waals surface area contributed by atoms with Crippen molar-refractivity contribution in [2.45, 2.75) is 6.61 Å². The van der Waals surface area contributed by atoms with Crippen LogP contribution in [0.4, 0.5) is 0 Å². The van der Waals surface area contributed by atoms with Gasteiger partial charge in [0.05, 0.1) is 27.1 Å². The SMILES string of the molecule is O=C(N/N=C/c1coc2c(Cl)cc(Cl)cc2c1=O)c1cc2c(s1)-c1ccccc1OC2. The van der Waals surface area contributed by atoms with Crippen molar-refractivity contribution >= 4 is 57.6 Å². The maximum absolute atomic E-state index is 12.6. The second-order valence-electron chi connectivity index (χ2n) is 6.73. The molecule has 0 saturated heterocycles. The molecular formula is C22H12Cl2N2O4S. The summed E-state index contributed by atoms with van der Waals surface area (Å²) in [5, 5.41) is 4.70. The van der Waals surface area contributed by atoms with Crippen LogP contribution in [0.15, 0.2) is 63.0 Å². The molecule has 0 radical (unpaired) electrons. The lowest BCUT2D eigenvalue weighted by atomic mass is 10.1. The van der Waals surface area contributed by atoms with Crippen LogP contribution in [0, 0.1) is 0 Å². The lowest BCUT2D eigenvalue weighted by Crippen LogP contribution is -2.17. The zero-order valence-corrected chi connectivity index (χ0v) is 18.0. The number of nitrogens with one attached hydrogen (secondary N) is 1. The summed E-state index contributed by atoms with van der Waals surface area (Å²) < 4.78 is 11.2. The molecule has 1 aliphatic heterocycles. The van der Waals surface area contributed by atoms with E-state index in [-0.39, 0.29) is 32.9 Å². The monoisotopic (exact) mass is 470 g/mol. The predicted octanol–water partition coefficient (Wildman–Crippen LogP) is 5.48. The van der Waals surface area contributed by atoms with Gasteiger partial charge in [0.1, 0.15) is 18.6 Å². The molecule has 0 fully saturated rings. The maximum Gasteiger partial charge on any atom is 0.281 e. The van der Waals surface area contributed by atoms with Crippen LogP contribution >= 0.6 is 34.5 Å². The molecule has 0 spiro atoms. The number of hydrogen-bond donors (Lipinski definition) is 1. The van der Waals surface area contributed by atoms with Gasteiger partial charge >= 0.3 is 0 Å². The number of para-hydroxylation sites is 1. The van der Waals surface area contributed by atoms with E-state index < -0.39 is 0 Å². The minimum Gasteiger partial charge on any atom is -0.488 e. The van der Waals surface area contributed by atoms with Crippen molar-refractivity contribution in [3.05, 3.63) is 85.0 Å². The fourth-order valence-electron chi connectivity index (χ4n) is 3.30. The van der Waals surface area contributed by atoms with Crippen molar-refractivity contribution in [1.82, 2.24) is 5.43 Å². The van der Waals surface area contributed by atoms with Crippen LogP contribution < -0.4 is 15.6 Å². The van der Waals surface area contributed by atoms with Gasteiger partial charge in [-0.3, -0.25) is 9.59 Å². The highest BCUT2D eigenvalue weighted by molar-refractivity contribution is 7.17. The van der Waals surface area contributed by atoms with Crippen molar-refractivity contribution in [3.8, 4) is 16.2 Å². The Hall–Kier alpha value is -3.13. The van der Waals surface area contributed by atoms with Crippen LogP contribution in [-0.4, -0.2) is 12.1 Å². The van der Waals surface area contributed by atoms with Crippen molar-refractivity contribution < 1.29 is 13.9 Å². The van der Waals surface area contributed by atoms with Gasteiger partial charge < -0.3 is 9.15 Å². The number of hydrazone groups is 1. The van der Waals surface area contributed by atoms with Crippen molar-refractivity contribution in [2.24, 2.45) is 5.10 Å². The van der Waals surface area contributed by atoms with Gasteiger partial charge in [0.15, 0.2) is 5.58 Å². The minimum atomic E-state index is -0.385. The Balaban J connectivity index is 1.38. The highest BCUT2D eigenvalue weighted by atomic mass is 35.5. The summed E-state index contributed by atoms with van der Waals surface area (Å²) in [5.74, 6) is 0.412. The van der Waals surface area contributed by atoms with Gasteiger partial charge in [-0.15, -0.1) is 11.3 Å². The molecule has 1 N–H and O–H groups in total. The molecule has 6 nitrogen and oxygen atoms in total. The van der Waals surface area contributed by atoms with Crippen molar-refractivity contribution in [1.29, 1.82) is 0 Å². The summed E-state index contributed by atoms with van der Waals surface area (Å²) in [6.45, 7) is 0.405. The average Bonchev–Trinajstić information content (AvgIpc) is 3.21. The molecule has 1 amide bonds. The first-order valence-corrected chi connectivity index (χ1v) is 10.7. The third kappa shape index (κ3) is 3.61. The summed E-state index contributed by atoms with van der Waals surface area (Å²) in [6, 6.07) is 12.4. The first kappa shape index (κ1) is 19.8. The van der Waals surface area contributed by atoms with Crippen LogP contribution in [0.2, 0.25) is 10.0 Å². The number of carbonyl (C=O) groups excluding carboxylic acids is 1. The zero-order chi connectivity index (χ0) is 21.5. The lowest BCUT2D eigenvalue weighted by Gasteiger charge is -2.16. The average molecular weight is 471 g/mol. The van der Waals surface area contributed by atoms with E-state index in [9.17, 15) is 9.59 Å². The Bertz CT molecular complexity index is 1440. The van der Waals surface area contributed by atoms with E-state index in [0.29, 0.717) is 16.5 Å². The van der Waals surface area contributed by atoms with E-state index in [0.717, 1.165) is 21.8 Å². The summed E-state index contributed by atoms with van der Waals surface area (Å²) in [4.78, 5) is 26.7. The van der Waals surface area contributed by atoms with Crippen LogP contribution in [0.25, 0.3) is 21.4 Å². The highest BCUT2D eigenvalue weighted by Crippen LogP contribution is 2.42. The third-order valence-corrected chi connectivity index (χ3v) is 6.44. The molecule has 1 aliphatic rings. The van der Waals surface area contributed by atoms with Gasteiger partial charge in [0.25, 0.3) is 5.91 Å². The molecule has 0 saturated carbocycles. The molecule has 4 aromatic rings. The van der Waals surface area contributed by atoms with Crippen LogP contribution in [0.1, 0.15) is 20.8 Å². The summed E-state index contributed by atoms with van der Waals surface area (Å²) >= 11 is 13.4. The molecule has 2 aromatic heterocycles. The number of fused-ring (bicyclic) bond motifs is 4. The van der Waals surface area contributed by atoms with Crippen LogP contribution in [0.3, 0.4) is 0 Å². The Morgan fingerprint density at radius 1 is 1.19 bits per heavy atom. The number of halogens is 2. The number of carbonyl (C=O) groups is 1. The molecule has 31 heavy (non-hydrogen) atoms. The van der Waals surface area contributed by atoms with Crippen molar-refractivity contribution in [3.63, 3.8) is 0 Å². The quantitative estimate of drug-likeness (QED) is 0.317. The minimum absolute atomic E-state index is 0.152. The van der Waals surface area contributed by atoms with E-state index >= 15 is 0 Å². The molecule has 0 aliphatic carbocycles. The van der Waals surface area contributed by atoms with Gasteiger partial charge in [-0.2, -0.15) is 5.10 Å². The first-order chi connectivity index (χ1) is 15.0. The van der Waals surface area contributed by atoms with Gasteiger partial charge in [-0.25, -0.2) is 5.43 Å². The summed E-state index contributed by atoms with van der Waals surface area (Å²) in [7, 11) is 0. The largest absolute Gasteiger partial charge is 0.488 e. The fourth-order valence-corrected chi connectivity index (χ4v) is 4.92. The van der Waals surface area contributed by atoms with Crippen LogP contribution in [-0.2, 0) is 6.61 Å². The molecule has 0 atom stereocenters. The van der Waals surface area contributed by atoms with Gasteiger partial charge in [0, 0.05) is 21.0 Å². The molecule has 5 rings (SSSR count). The number of rotatable bonds is 3. The molecule has 2 aromatic carbocycles. The number of ether oxygens (including phenoxy) is 1. The number of nitrogens with zero attached hydrogens (tertiary/aromatic N) is 1. The third-order valence-electron chi connectivity index (χ3n) is 4.74. The zero-order valence-electron chi connectivity index (χ0n) is 15.6. The Labute approximate surface area is 189 Å². The summed E-state index contributed by atoms with van der Waals surface area (Å²) in [5.41, 5.74) is 4.39. The number of hydrogen-bond acceptors (Lipinski definition) is 6. The highest BCUT2D eigenvalue weighted by Gasteiger charge is 2.22. The van der Waals surface area contributed by atoms with E-state index in [1.165, 1.54) is 35.9 Å². The molecule has 9 heteroatoms. The van der Waals surface area contributed by atoms with Crippen LogP contribution in [0.5, 0.6) is 5.75 Å². The molecular weight excluding hydrogens is 459 g/mol. The Kier molecular flexibility index (Phi) is 5.02. The smallest absolute Gasteiger partial charge is 0.281 e. The molecule has 154 valence electrons. The van der Waals surface area contributed by atoms with Gasteiger partial charge in [-0.1, -0.05) is 35.3 Å². The molecule has 3 heterocycles. The normalized spacial score (nSPS) is 12.5. The molecule has 0 bridgehead atoms. The van der Waals surface area contributed by atoms with Gasteiger partial charge in [-0.05, 0) is 30.3 Å². The number of benzene rings is 2. The number of thiophene rings is 1. The maximum atomic E-state index is 12.6. The molecule has 0 unspecified atom stereocenters. The van der Waals surface area contributed by atoms with E-state index in [1.54, 1.807) is 6.07 Å². The van der Waals surface area contributed by atoms with E-state index in [4.69, 9.17) is 32.4 Å². The van der Waals surface area contributed by atoms with E-state index in [1.807, 2.05) is 24.3 Å². The van der Waals surface area contributed by atoms with Crippen molar-refractivity contribution in [2.75, 3.05) is 0 Å².